The highest BCUT2D eigenvalue weighted by molar-refractivity contribution is 9.10. The molecule has 5 rings (SSSR count). The fourth-order valence-electron chi connectivity index (χ4n) is 3.48. The summed E-state index contributed by atoms with van der Waals surface area (Å²) in [6.07, 6.45) is 1.75. The van der Waals surface area contributed by atoms with Crippen molar-refractivity contribution in [1.29, 1.82) is 5.26 Å². The van der Waals surface area contributed by atoms with Gasteiger partial charge in [-0.05, 0) is 59.7 Å². The van der Waals surface area contributed by atoms with Crippen LogP contribution in [0, 0.1) is 11.3 Å². The van der Waals surface area contributed by atoms with Gasteiger partial charge in [-0.1, -0.05) is 52.3 Å². The summed E-state index contributed by atoms with van der Waals surface area (Å²) in [5, 5.41) is 10.0. The first-order valence-electron chi connectivity index (χ1n) is 9.71. The largest absolute Gasteiger partial charge is 0.253 e. The maximum Gasteiger partial charge on any atom is 0.179 e. The lowest BCUT2D eigenvalue weighted by molar-refractivity contribution is 1.18. The molecule has 0 aliphatic rings. The lowest BCUT2D eigenvalue weighted by atomic mass is 10.00. The van der Waals surface area contributed by atoms with Crippen molar-refractivity contribution >= 4 is 26.8 Å². The summed E-state index contributed by atoms with van der Waals surface area (Å²) < 4.78 is 1.02. The predicted octanol–water partition coefficient (Wildman–Crippen LogP) is 6.66. The van der Waals surface area contributed by atoms with Crippen LogP contribution in [-0.4, -0.2) is 15.0 Å². The molecular formula is C26H15BrN4. The standard InChI is InChI=1S/C26H15BrN4/c27-21-11-8-19(9-12-21)25-22-13-10-20(18-6-4-17(16-28)5-7-18)15-24(22)30-26(31-25)23-3-1-2-14-29-23/h1-15H. The highest BCUT2D eigenvalue weighted by atomic mass is 79.9. The smallest absolute Gasteiger partial charge is 0.179 e. The minimum absolute atomic E-state index is 0.586. The molecular weight excluding hydrogens is 448 g/mol. The van der Waals surface area contributed by atoms with Crippen LogP contribution in [0.25, 0.3) is 44.8 Å². The predicted molar refractivity (Wildman–Crippen MR) is 126 cm³/mol. The van der Waals surface area contributed by atoms with Crippen molar-refractivity contribution in [1.82, 2.24) is 15.0 Å². The van der Waals surface area contributed by atoms with Crippen LogP contribution in [0.15, 0.2) is 95.6 Å². The zero-order valence-electron chi connectivity index (χ0n) is 16.3. The zero-order valence-corrected chi connectivity index (χ0v) is 17.9. The van der Waals surface area contributed by atoms with Crippen LogP contribution in [0.2, 0.25) is 0 Å². The maximum atomic E-state index is 9.06. The second kappa shape index (κ2) is 8.10. The highest BCUT2D eigenvalue weighted by Crippen LogP contribution is 2.32. The molecule has 2 aromatic heterocycles. The van der Waals surface area contributed by atoms with E-state index in [2.05, 4.69) is 45.2 Å². The first-order valence-corrected chi connectivity index (χ1v) is 10.5. The summed E-state index contributed by atoms with van der Waals surface area (Å²) in [7, 11) is 0. The molecule has 0 unspecified atom stereocenters. The van der Waals surface area contributed by atoms with Gasteiger partial charge in [-0.3, -0.25) is 4.98 Å². The van der Waals surface area contributed by atoms with Crippen molar-refractivity contribution in [2.45, 2.75) is 0 Å². The molecule has 0 amide bonds. The number of nitriles is 1. The minimum Gasteiger partial charge on any atom is -0.253 e. The van der Waals surface area contributed by atoms with E-state index >= 15 is 0 Å². The van der Waals surface area contributed by atoms with Gasteiger partial charge in [-0.25, -0.2) is 9.97 Å². The Labute approximate surface area is 188 Å². The monoisotopic (exact) mass is 462 g/mol. The SMILES string of the molecule is N#Cc1ccc(-c2ccc3c(-c4ccc(Br)cc4)nc(-c4ccccn4)nc3c2)cc1. The lowest BCUT2D eigenvalue weighted by Crippen LogP contribution is -1.97. The molecule has 146 valence electrons. The van der Waals surface area contributed by atoms with Gasteiger partial charge in [0.25, 0.3) is 0 Å². The number of benzene rings is 3. The molecule has 2 heterocycles. The van der Waals surface area contributed by atoms with E-state index in [9.17, 15) is 0 Å². The summed E-state index contributed by atoms with van der Waals surface area (Å²) in [6, 6.07) is 29.7. The summed E-state index contributed by atoms with van der Waals surface area (Å²) in [4.78, 5) is 14.1. The quantitative estimate of drug-likeness (QED) is 0.300. The number of rotatable bonds is 3. The number of hydrogen-bond acceptors (Lipinski definition) is 4. The summed E-state index contributed by atoms with van der Waals surface area (Å²) in [5.74, 6) is 0.586. The third-order valence-electron chi connectivity index (χ3n) is 5.06. The molecule has 0 saturated heterocycles. The normalized spacial score (nSPS) is 10.7. The maximum absolute atomic E-state index is 9.06. The Morgan fingerprint density at radius 1 is 0.742 bits per heavy atom. The van der Waals surface area contributed by atoms with E-state index in [1.807, 2.05) is 66.7 Å². The van der Waals surface area contributed by atoms with Crippen LogP contribution in [0.4, 0.5) is 0 Å². The summed E-state index contributed by atoms with van der Waals surface area (Å²) in [5.41, 5.74) is 6.15. The summed E-state index contributed by atoms with van der Waals surface area (Å²) >= 11 is 3.50. The van der Waals surface area contributed by atoms with Gasteiger partial charge in [0.05, 0.1) is 22.8 Å². The molecule has 5 aromatic rings. The molecule has 0 spiro atoms. The van der Waals surface area contributed by atoms with Gasteiger partial charge >= 0.3 is 0 Å². The number of pyridine rings is 1. The van der Waals surface area contributed by atoms with Crippen molar-refractivity contribution in [3.8, 4) is 40.0 Å². The van der Waals surface area contributed by atoms with Crippen LogP contribution in [0.1, 0.15) is 5.56 Å². The second-order valence-electron chi connectivity index (χ2n) is 7.04. The fourth-order valence-corrected chi connectivity index (χ4v) is 3.75. The molecule has 31 heavy (non-hydrogen) atoms. The fraction of sp³-hybridized carbons (Fsp3) is 0. The number of nitrogens with zero attached hydrogens (tertiary/aromatic N) is 4. The molecule has 4 nitrogen and oxygen atoms in total. The van der Waals surface area contributed by atoms with Crippen LogP contribution in [0.5, 0.6) is 0 Å². The van der Waals surface area contributed by atoms with Gasteiger partial charge in [-0.15, -0.1) is 0 Å². The van der Waals surface area contributed by atoms with Crippen LogP contribution in [-0.2, 0) is 0 Å². The number of hydrogen-bond donors (Lipinski definition) is 0. The van der Waals surface area contributed by atoms with E-state index in [1.54, 1.807) is 6.20 Å². The van der Waals surface area contributed by atoms with Crippen LogP contribution in [0.3, 0.4) is 0 Å². The van der Waals surface area contributed by atoms with Crippen molar-refractivity contribution in [3.63, 3.8) is 0 Å². The van der Waals surface area contributed by atoms with E-state index in [0.29, 0.717) is 11.4 Å². The molecule has 0 saturated carbocycles. The average molecular weight is 463 g/mol. The first kappa shape index (κ1) is 19.1. The van der Waals surface area contributed by atoms with Crippen LogP contribution >= 0.6 is 15.9 Å². The van der Waals surface area contributed by atoms with E-state index < -0.39 is 0 Å². The third kappa shape index (κ3) is 3.81. The third-order valence-corrected chi connectivity index (χ3v) is 5.58. The van der Waals surface area contributed by atoms with E-state index in [-0.39, 0.29) is 0 Å². The van der Waals surface area contributed by atoms with Gasteiger partial charge in [0.2, 0.25) is 0 Å². The van der Waals surface area contributed by atoms with E-state index in [1.165, 1.54) is 0 Å². The average Bonchev–Trinajstić information content (AvgIpc) is 2.84. The van der Waals surface area contributed by atoms with Crippen molar-refractivity contribution < 1.29 is 0 Å². The lowest BCUT2D eigenvalue weighted by Gasteiger charge is -2.11. The Morgan fingerprint density at radius 3 is 2.19 bits per heavy atom. The van der Waals surface area contributed by atoms with Crippen molar-refractivity contribution in [2.75, 3.05) is 0 Å². The Bertz CT molecular complexity index is 1420. The Balaban J connectivity index is 1.72. The first-order chi connectivity index (χ1) is 15.2. The van der Waals surface area contributed by atoms with Gasteiger partial charge < -0.3 is 0 Å². The zero-order chi connectivity index (χ0) is 21.2. The van der Waals surface area contributed by atoms with Gasteiger partial charge in [-0.2, -0.15) is 5.26 Å². The Kier molecular flexibility index (Phi) is 4.99. The van der Waals surface area contributed by atoms with Gasteiger partial charge in [0.15, 0.2) is 5.82 Å². The molecule has 0 radical (unpaired) electrons. The molecule has 0 aliphatic carbocycles. The van der Waals surface area contributed by atoms with Crippen molar-refractivity contribution in [3.05, 3.63) is 101 Å². The van der Waals surface area contributed by atoms with Crippen molar-refractivity contribution in [2.24, 2.45) is 0 Å². The van der Waals surface area contributed by atoms with E-state index in [4.69, 9.17) is 15.2 Å². The Morgan fingerprint density at radius 2 is 1.48 bits per heavy atom. The minimum atomic E-state index is 0.586. The number of fused-ring (bicyclic) bond motifs is 1. The molecule has 0 aliphatic heterocycles. The topological polar surface area (TPSA) is 62.5 Å². The Hall–Kier alpha value is -3.88. The van der Waals surface area contributed by atoms with Gasteiger partial charge in [0, 0.05) is 21.6 Å². The van der Waals surface area contributed by atoms with Crippen LogP contribution < -0.4 is 0 Å². The molecule has 0 bridgehead atoms. The number of aromatic nitrogens is 3. The number of halogens is 1. The summed E-state index contributed by atoms with van der Waals surface area (Å²) in [6.45, 7) is 0. The molecule has 0 atom stereocenters. The molecule has 0 fully saturated rings. The second-order valence-corrected chi connectivity index (χ2v) is 7.95. The van der Waals surface area contributed by atoms with E-state index in [0.717, 1.165) is 43.5 Å². The molecule has 0 N–H and O–H groups in total. The van der Waals surface area contributed by atoms with Gasteiger partial charge in [0.1, 0.15) is 5.69 Å². The highest BCUT2D eigenvalue weighted by Gasteiger charge is 2.13. The molecule has 3 aromatic carbocycles. The molecule has 5 heteroatoms.